The first kappa shape index (κ1) is 10.6. The molecule has 0 saturated carbocycles. The smallest absolute Gasteiger partial charge is 0.0471 e. The first-order valence-electron chi connectivity index (χ1n) is 5.56. The highest BCUT2D eigenvalue weighted by atomic mass is 16.3. The lowest BCUT2D eigenvalue weighted by Gasteiger charge is -2.24. The highest BCUT2D eigenvalue weighted by molar-refractivity contribution is 5.14. The second kappa shape index (κ2) is 4.73. The van der Waals surface area contributed by atoms with Crippen LogP contribution >= 0.6 is 0 Å². The van der Waals surface area contributed by atoms with Crippen LogP contribution in [-0.2, 0) is 0 Å². The Kier molecular flexibility index (Phi) is 3.34. The molecule has 1 aliphatic rings. The molecule has 2 atom stereocenters. The summed E-state index contributed by atoms with van der Waals surface area (Å²) in [6.45, 7) is 4.64. The molecule has 1 N–H and O–H groups in total. The number of aliphatic hydroxyl groups is 1. The molecule has 15 heavy (non-hydrogen) atoms. The van der Waals surface area contributed by atoms with Gasteiger partial charge in [0.15, 0.2) is 0 Å². The van der Waals surface area contributed by atoms with Crippen molar-refractivity contribution < 1.29 is 5.11 Å². The number of hydrogen-bond donors (Lipinski definition) is 1. The number of rotatable bonds is 3. The summed E-state index contributed by atoms with van der Waals surface area (Å²) in [4.78, 5) is 6.45. The van der Waals surface area contributed by atoms with Crippen LogP contribution in [0.25, 0.3) is 0 Å². The molecular weight excluding hydrogens is 188 g/mol. The van der Waals surface area contributed by atoms with E-state index in [0.29, 0.717) is 18.6 Å². The third-order valence-corrected chi connectivity index (χ3v) is 3.31. The second-order valence-corrected chi connectivity index (χ2v) is 4.29. The van der Waals surface area contributed by atoms with Crippen molar-refractivity contribution in [1.29, 1.82) is 0 Å². The van der Waals surface area contributed by atoms with Crippen molar-refractivity contribution in [2.75, 3.05) is 19.7 Å². The van der Waals surface area contributed by atoms with Gasteiger partial charge in [-0.2, -0.15) is 0 Å². The fourth-order valence-corrected chi connectivity index (χ4v) is 2.22. The van der Waals surface area contributed by atoms with E-state index in [4.69, 9.17) is 5.11 Å². The van der Waals surface area contributed by atoms with Crippen molar-refractivity contribution in [3.05, 3.63) is 30.1 Å². The molecule has 3 heteroatoms. The minimum Gasteiger partial charge on any atom is -0.396 e. The molecule has 1 aliphatic heterocycles. The van der Waals surface area contributed by atoms with Crippen LogP contribution < -0.4 is 0 Å². The van der Waals surface area contributed by atoms with Gasteiger partial charge in [0.1, 0.15) is 0 Å². The van der Waals surface area contributed by atoms with Crippen LogP contribution in [0, 0.1) is 5.92 Å². The van der Waals surface area contributed by atoms with Gasteiger partial charge in [-0.3, -0.25) is 9.88 Å². The van der Waals surface area contributed by atoms with Crippen molar-refractivity contribution in [2.45, 2.75) is 19.4 Å². The van der Waals surface area contributed by atoms with Crippen molar-refractivity contribution in [3.8, 4) is 0 Å². The molecule has 1 aromatic heterocycles. The Morgan fingerprint density at radius 2 is 2.27 bits per heavy atom. The molecule has 2 rings (SSSR count). The Morgan fingerprint density at radius 3 is 2.87 bits per heavy atom. The first-order valence-corrected chi connectivity index (χ1v) is 5.56. The lowest BCUT2D eigenvalue weighted by Crippen LogP contribution is -2.25. The van der Waals surface area contributed by atoms with Gasteiger partial charge >= 0.3 is 0 Å². The van der Waals surface area contributed by atoms with Gasteiger partial charge in [-0.05, 0) is 43.5 Å². The third-order valence-electron chi connectivity index (χ3n) is 3.31. The predicted molar refractivity (Wildman–Crippen MR) is 59.4 cm³/mol. The van der Waals surface area contributed by atoms with E-state index in [-0.39, 0.29) is 0 Å². The van der Waals surface area contributed by atoms with E-state index in [1.54, 1.807) is 0 Å². The maximum atomic E-state index is 9.10. The molecule has 3 nitrogen and oxygen atoms in total. The molecule has 1 saturated heterocycles. The monoisotopic (exact) mass is 206 g/mol. The minimum absolute atomic E-state index is 0.319. The van der Waals surface area contributed by atoms with Gasteiger partial charge < -0.3 is 5.11 Å². The Morgan fingerprint density at radius 1 is 1.53 bits per heavy atom. The lowest BCUT2D eigenvalue weighted by atomic mass is 10.1. The predicted octanol–water partition coefficient (Wildman–Crippen LogP) is 1.46. The molecule has 2 unspecified atom stereocenters. The van der Waals surface area contributed by atoms with Crippen molar-refractivity contribution in [1.82, 2.24) is 9.88 Å². The molecule has 2 heterocycles. The van der Waals surface area contributed by atoms with Crippen LogP contribution in [0.1, 0.15) is 24.9 Å². The molecule has 1 fully saturated rings. The number of likely N-dealkylation sites (tertiary alicyclic amines) is 1. The van der Waals surface area contributed by atoms with Crippen LogP contribution in [0.5, 0.6) is 0 Å². The Hall–Kier alpha value is -0.930. The van der Waals surface area contributed by atoms with E-state index in [1.807, 2.05) is 12.4 Å². The third kappa shape index (κ3) is 2.36. The highest BCUT2D eigenvalue weighted by Crippen LogP contribution is 2.26. The van der Waals surface area contributed by atoms with E-state index < -0.39 is 0 Å². The van der Waals surface area contributed by atoms with Gasteiger partial charge in [-0.1, -0.05) is 0 Å². The molecule has 0 amide bonds. The average Bonchev–Trinajstić information content (AvgIpc) is 2.78. The molecule has 0 aromatic carbocycles. The number of aliphatic hydroxyl groups excluding tert-OH is 1. The Balaban J connectivity index is 2.00. The molecular formula is C12H18N2O. The summed E-state index contributed by atoms with van der Waals surface area (Å²) < 4.78 is 0. The molecule has 1 aromatic rings. The fraction of sp³-hybridized carbons (Fsp3) is 0.583. The zero-order valence-electron chi connectivity index (χ0n) is 9.13. The summed E-state index contributed by atoms with van der Waals surface area (Å²) in [7, 11) is 0. The molecule has 0 bridgehead atoms. The van der Waals surface area contributed by atoms with Gasteiger partial charge in [-0.15, -0.1) is 0 Å². The highest BCUT2D eigenvalue weighted by Gasteiger charge is 2.25. The van der Waals surface area contributed by atoms with E-state index in [1.165, 1.54) is 5.56 Å². The zero-order valence-corrected chi connectivity index (χ0v) is 9.13. The van der Waals surface area contributed by atoms with Crippen molar-refractivity contribution in [2.24, 2.45) is 5.92 Å². The molecule has 0 radical (unpaired) electrons. The van der Waals surface area contributed by atoms with Crippen LogP contribution in [0.3, 0.4) is 0 Å². The van der Waals surface area contributed by atoms with E-state index in [9.17, 15) is 0 Å². The van der Waals surface area contributed by atoms with Crippen LogP contribution in [0.2, 0.25) is 0 Å². The number of aromatic nitrogens is 1. The SMILES string of the molecule is CC(c1ccncc1)N1CCC(CO)C1. The van der Waals surface area contributed by atoms with Crippen LogP contribution in [-0.4, -0.2) is 34.7 Å². The van der Waals surface area contributed by atoms with E-state index in [0.717, 1.165) is 19.5 Å². The minimum atomic E-state index is 0.319. The quantitative estimate of drug-likeness (QED) is 0.813. The van der Waals surface area contributed by atoms with Crippen LogP contribution in [0.15, 0.2) is 24.5 Å². The maximum Gasteiger partial charge on any atom is 0.0471 e. The summed E-state index contributed by atoms with van der Waals surface area (Å²) in [6, 6.07) is 4.57. The number of nitrogens with zero attached hydrogens (tertiary/aromatic N) is 2. The summed E-state index contributed by atoms with van der Waals surface area (Å²) in [6.07, 6.45) is 4.79. The van der Waals surface area contributed by atoms with Gasteiger partial charge in [0, 0.05) is 31.6 Å². The van der Waals surface area contributed by atoms with Crippen LogP contribution in [0.4, 0.5) is 0 Å². The first-order chi connectivity index (χ1) is 7.31. The largest absolute Gasteiger partial charge is 0.396 e. The van der Waals surface area contributed by atoms with Crippen molar-refractivity contribution in [3.63, 3.8) is 0 Å². The van der Waals surface area contributed by atoms with Gasteiger partial charge in [-0.25, -0.2) is 0 Å². The number of hydrogen-bond acceptors (Lipinski definition) is 3. The van der Waals surface area contributed by atoms with Crippen molar-refractivity contribution >= 4 is 0 Å². The van der Waals surface area contributed by atoms with Gasteiger partial charge in [0.05, 0.1) is 0 Å². The molecule has 0 spiro atoms. The van der Waals surface area contributed by atoms with Gasteiger partial charge in [0.2, 0.25) is 0 Å². The topological polar surface area (TPSA) is 36.4 Å². The lowest BCUT2D eigenvalue weighted by molar-refractivity contribution is 0.204. The normalized spacial score (nSPS) is 24.3. The fourth-order valence-electron chi connectivity index (χ4n) is 2.22. The summed E-state index contributed by atoms with van der Waals surface area (Å²) in [5.41, 5.74) is 1.31. The molecule has 82 valence electrons. The molecule has 0 aliphatic carbocycles. The Labute approximate surface area is 90.8 Å². The summed E-state index contributed by atoms with van der Waals surface area (Å²) in [5, 5.41) is 9.10. The van der Waals surface area contributed by atoms with E-state index in [2.05, 4.69) is 28.9 Å². The second-order valence-electron chi connectivity index (χ2n) is 4.29. The van der Waals surface area contributed by atoms with Gasteiger partial charge in [0.25, 0.3) is 0 Å². The standard InChI is InChI=1S/C12H18N2O/c1-10(12-2-5-13-6-3-12)14-7-4-11(8-14)9-15/h2-3,5-6,10-11,15H,4,7-9H2,1H3. The maximum absolute atomic E-state index is 9.10. The summed E-state index contributed by atoms with van der Waals surface area (Å²) >= 11 is 0. The Bertz CT molecular complexity index is 302. The summed E-state index contributed by atoms with van der Waals surface area (Å²) in [5.74, 6) is 0.467. The average molecular weight is 206 g/mol. The van der Waals surface area contributed by atoms with E-state index >= 15 is 0 Å². The number of pyridine rings is 1. The zero-order chi connectivity index (χ0) is 10.7.